The number of nitrogens with one attached hydrogen (secondary N) is 1. The fourth-order valence-electron chi connectivity index (χ4n) is 1.41. The summed E-state index contributed by atoms with van der Waals surface area (Å²) in [4.78, 5) is 22.7. The molecule has 5 nitrogen and oxygen atoms in total. The van der Waals surface area contributed by atoms with E-state index in [9.17, 15) is 9.59 Å². The van der Waals surface area contributed by atoms with Gasteiger partial charge in [-0.15, -0.1) is 0 Å². The Bertz CT molecular complexity index is 430. The number of rotatable bonds is 5. The fraction of sp³-hybridized carbons (Fsp3) is 0.333. The Morgan fingerprint density at radius 1 is 1.35 bits per heavy atom. The highest BCUT2D eigenvalue weighted by Gasteiger charge is 2.16. The van der Waals surface area contributed by atoms with Crippen molar-refractivity contribution in [2.75, 3.05) is 12.3 Å². The first kappa shape index (κ1) is 13.0. The molecular formula is C12H16N2O3. The lowest BCUT2D eigenvalue weighted by Gasteiger charge is -2.07. The summed E-state index contributed by atoms with van der Waals surface area (Å²) < 4.78 is 0. The highest BCUT2D eigenvalue weighted by Crippen LogP contribution is 2.13. The van der Waals surface area contributed by atoms with Gasteiger partial charge in [0, 0.05) is 12.2 Å². The van der Waals surface area contributed by atoms with Gasteiger partial charge in [-0.3, -0.25) is 4.79 Å². The van der Waals surface area contributed by atoms with Crippen LogP contribution in [-0.4, -0.2) is 23.5 Å². The van der Waals surface area contributed by atoms with Crippen LogP contribution in [-0.2, 0) is 0 Å². The van der Waals surface area contributed by atoms with Crippen LogP contribution >= 0.6 is 0 Å². The monoisotopic (exact) mass is 236 g/mol. The Morgan fingerprint density at radius 2 is 2.06 bits per heavy atom. The number of carboxylic acids is 1. The van der Waals surface area contributed by atoms with E-state index in [0.29, 0.717) is 12.2 Å². The largest absolute Gasteiger partial charge is 0.478 e. The van der Waals surface area contributed by atoms with E-state index < -0.39 is 5.97 Å². The molecular weight excluding hydrogens is 220 g/mol. The minimum atomic E-state index is -1.15. The number of unbranched alkanes of at least 4 members (excludes halogenated alkanes) is 1. The zero-order valence-corrected chi connectivity index (χ0v) is 9.69. The van der Waals surface area contributed by atoms with Gasteiger partial charge in [-0.25, -0.2) is 4.79 Å². The lowest BCUT2D eigenvalue weighted by molar-refractivity contribution is 0.0691. The van der Waals surface area contributed by atoms with E-state index in [1.807, 2.05) is 6.92 Å². The second-order valence-electron chi connectivity index (χ2n) is 3.72. The van der Waals surface area contributed by atoms with Crippen molar-refractivity contribution in [1.82, 2.24) is 5.32 Å². The molecule has 0 atom stereocenters. The van der Waals surface area contributed by atoms with E-state index in [1.165, 1.54) is 18.2 Å². The molecule has 1 rings (SSSR count). The molecule has 0 bridgehead atoms. The zero-order chi connectivity index (χ0) is 12.8. The van der Waals surface area contributed by atoms with Crippen LogP contribution in [0.2, 0.25) is 0 Å². The minimum absolute atomic E-state index is 0.0704. The van der Waals surface area contributed by atoms with Gasteiger partial charge < -0.3 is 16.2 Å². The van der Waals surface area contributed by atoms with E-state index in [2.05, 4.69) is 5.32 Å². The van der Waals surface area contributed by atoms with Gasteiger partial charge in [0.1, 0.15) is 0 Å². The van der Waals surface area contributed by atoms with Gasteiger partial charge >= 0.3 is 5.97 Å². The summed E-state index contributed by atoms with van der Waals surface area (Å²) in [7, 11) is 0. The lowest BCUT2D eigenvalue weighted by atomic mass is 10.1. The average molecular weight is 236 g/mol. The number of hydrogen-bond donors (Lipinski definition) is 3. The predicted octanol–water partition coefficient (Wildman–Crippen LogP) is 1.50. The van der Waals surface area contributed by atoms with E-state index in [0.717, 1.165) is 12.8 Å². The van der Waals surface area contributed by atoms with Crippen molar-refractivity contribution in [1.29, 1.82) is 0 Å². The van der Waals surface area contributed by atoms with Gasteiger partial charge in [0.05, 0.1) is 11.1 Å². The number of carboxylic acid groups (broad SMARTS) is 1. The zero-order valence-electron chi connectivity index (χ0n) is 9.69. The molecule has 0 aliphatic rings. The summed E-state index contributed by atoms with van der Waals surface area (Å²) >= 11 is 0. The first-order valence-corrected chi connectivity index (χ1v) is 5.47. The summed E-state index contributed by atoms with van der Waals surface area (Å²) in [6.07, 6.45) is 1.83. The predicted molar refractivity (Wildman–Crippen MR) is 65.1 cm³/mol. The third kappa shape index (κ3) is 3.48. The maximum atomic E-state index is 11.7. The molecule has 0 fully saturated rings. The maximum absolute atomic E-state index is 11.7. The molecule has 92 valence electrons. The van der Waals surface area contributed by atoms with Gasteiger partial charge in [-0.2, -0.15) is 0 Å². The van der Waals surface area contributed by atoms with Crippen LogP contribution in [0.25, 0.3) is 0 Å². The third-order valence-corrected chi connectivity index (χ3v) is 2.33. The molecule has 0 heterocycles. The average Bonchev–Trinajstić information content (AvgIpc) is 2.29. The smallest absolute Gasteiger partial charge is 0.336 e. The highest BCUT2D eigenvalue weighted by molar-refractivity contribution is 6.05. The molecule has 0 spiro atoms. The molecule has 4 N–H and O–H groups in total. The van der Waals surface area contributed by atoms with Gasteiger partial charge in [0.2, 0.25) is 0 Å². The molecule has 0 aromatic heterocycles. The van der Waals surface area contributed by atoms with E-state index in [1.54, 1.807) is 0 Å². The number of nitrogens with two attached hydrogens (primary N) is 1. The number of benzene rings is 1. The van der Waals surface area contributed by atoms with Crippen LogP contribution in [0.15, 0.2) is 18.2 Å². The summed E-state index contributed by atoms with van der Waals surface area (Å²) in [6, 6.07) is 4.23. The molecule has 1 aromatic rings. The van der Waals surface area contributed by atoms with Gasteiger partial charge in [0.25, 0.3) is 5.91 Å². The lowest BCUT2D eigenvalue weighted by Crippen LogP contribution is -2.26. The van der Waals surface area contributed by atoms with Crippen molar-refractivity contribution in [3.05, 3.63) is 29.3 Å². The first-order valence-electron chi connectivity index (χ1n) is 5.47. The van der Waals surface area contributed by atoms with Crippen molar-refractivity contribution >= 4 is 17.6 Å². The van der Waals surface area contributed by atoms with E-state index in [-0.39, 0.29) is 17.0 Å². The van der Waals surface area contributed by atoms with Crippen molar-refractivity contribution < 1.29 is 14.7 Å². The molecule has 0 radical (unpaired) electrons. The normalized spacial score (nSPS) is 9.94. The topological polar surface area (TPSA) is 92.4 Å². The number of amides is 1. The van der Waals surface area contributed by atoms with Crippen molar-refractivity contribution in [2.45, 2.75) is 19.8 Å². The Labute approximate surface area is 99.6 Å². The van der Waals surface area contributed by atoms with Crippen LogP contribution in [0.1, 0.15) is 40.5 Å². The maximum Gasteiger partial charge on any atom is 0.336 e. The molecule has 0 unspecified atom stereocenters. The van der Waals surface area contributed by atoms with Gasteiger partial charge in [0.15, 0.2) is 0 Å². The number of aromatic carboxylic acids is 1. The number of carbonyl (C=O) groups excluding carboxylic acids is 1. The van der Waals surface area contributed by atoms with E-state index >= 15 is 0 Å². The Balaban J connectivity index is 2.89. The van der Waals surface area contributed by atoms with Crippen molar-refractivity contribution in [2.24, 2.45) is 0 Å². The number of anilines is 1. The van der Waals surface area contributed by atoms with Gasteiger partial charge in [-0.05, 0) is 24.6 Å². The van der Waals surface area contributed by atoms with Crippen LogP contribution in [0.5, 0.6) is 0 Å². The number of hydrogen-bond acceptors (Lipinski definition) is 3. The highest BCUT2D eigenvalue weighted by atomic mass is 16.4. The Kier molecular flexibility index (Phi) is 4.51. The number of nitrogen functional groups attached to an aromatic ring is 1. The van der Waals surface area contributed by atoms with Gasteiger partial charge in [-0.1, -0.05) is 13.3 Å². The van der Waals surface area contributed by atoms with Crippen LogP contribution < -0.4 is 11.1 Å². The summed E-state index contributed by atoms with van der Waals surface area (Å²) in [5.74, 6) is -1.53. The van der Waals surface area contributed by atoms with Crippen LogP contribution in [0.3, 0.4) is 0 Å². The quantitative estimate of drug-likeness (QED) is 0.533. The summed E-state index contributed by atoms with van der Waals surface area (Å²) in [5.41, 5.74) is 5.89. The Morgan fingerprint density at radius 3 is 2.65 bits per heavy atom. The molecule has 0 aliphatic heterocycles. The molecule has 17 heavy (non-hydrogen) atoms. The van der Waals surface area contributed by atoms with Crippen molar-refractivity contribution in [3.8, 4) is 0 Å². The third-order valence-electron chi connectivity index (χ3n) is 2.33. The van der Waals surface area contributed by atoms with Crippen LogP contribution in [0.4, 0.5) is 5.69 Å². The van der Waals surface area contributed by atoms with Crippen molar-refractivity contribution in [3.63, 3.8) is 0 Å². The standard InChI is InChI=1S/C12H16N2O3/c1-2-3-6-14-11(15)9-5-4-8(13)7-10(9)12(16)17/h4-5,7H,2-3,6,13H2,1H3,(H,14,15)(H,16,17). The first-order chi connectivity index (χ1) is 8.06. The molecule has 1 aromatic carbocycles. The second kappa shape index (κ2) is 5.89. The molecule has 5 heteroatoms. The number of carbonyl (C=O) groups is 2. The molecule has 1 amide bonds. The van der Waals surface area contributed by atoms with E-state index in [4.69, 9.17) is 10.8 Å². The molecule has 0 saturated heterocycles. The summed E-state index contributed by atoms with van der Waals surface area (Å²) in [6.45, 7) is 2.55. The fourth-order valence-corrected chi connectivity index (χ4v) is 1.41. The SMILES string of the molecule is CCCCNC(=O)c1ccc(N)cc1C(=O)O. The second-order valence-corrected chi connectivity index (χ2v) is 3.72. The minimum Gasteiger partial charge on any atom is -0.478 e. The van der Waals surface area contributed by atoms with Crippen LogP contribution in [0, 0.1) is 0 Å². The molecule has 0 aliphatic carbocycles. The molecule has 0 saturated carbocycles. The summed E-state index contributed by atoms with van der Waals surface area (Å²) in [5, 5.41) is 11.6. The Hall–Kier alpha value is -2.04.